The fourth-order valence-electron chi connectivity index (χ4n) is 2.75. The van der Waals surface area contributed by atoms with Crippen LogP contribution in [-0.2, 0) is 16.3 Å². The second-order valence-corrected chi connectivity index (χ2v) is 10.7. The standard InChI is InChI=1S/C21H23N3O4S2/c1-4-30(26,27)18-8-6-5-7-17(18)20(25)22-21-24-23-19(28-21)13-15-9-11-16(12-10-15)29-14(2)3/h5-12,14H,4,13H2,1-3H3,(H,22,24,25). The van der Waals surface area contributed by atoms with E-state index in [0.29, 0.717) is 17.6 Å². The number of aromatic nitrogens is 2. The number of anilines is 1. The summed E-state index contributed by atoms with van der Waals surface area (Å²) >= 11 is 1.78. The van der Waals surface area contributed by atoms with Gasteiger partial charge >= 0.3 is 6.01 Å². The minimum absolute atomic E-state index is 0.0240. The predicted molar refractivity (Wildman–Crippen MR) is 117 cm³/mol. The van der Waals surface area contributed by atoms with Crippen molar-refractivity contribution in [2.24, 2.45) is 0 Å². The van der Waals surface area contributed by atoms with Crippen molar-refractivity contribution in [2.45, 2.75) is 42.2 Å². The smallest absolute Gasteiger partial charge is 0.322 e. The SMILES string of the molecule is CCS(=O)(=O)c1ccccc1C(=O)Nc1nnc(Cc2ccc(SC(C)C)cc2)o1. The molecule has 3 rings (SSSR count). The van der Waals surface area contributed by atoms with Gasteiger partial charge in [0.15, 0.2) is 9.84 Å². The lowest BCUT2D eigenvalue weighted by Gasteiger charge is -2.08. The third-order valence-electron chi connectivity index (χ3n) is 4.18. The van der Waals surface area contributed by atoms with Crippen LogP contribution in [0.15, 0.2) is 62.7 Å². The van der Waals surface area contributed by atoms with Crippen molar-refractivity contribution in [3.05, 3.63) is 65.5 Å². The van der Waals surface area contributed by atoms with Crippen molar-refractivity contribution in [3.63, 3.8) is 0 Å². The molecule has 7 nitrogen and oxygen atoms in total. The Morgan fingerprint density at radius 1 is 1.10 bits per heavy atom. The second-order valence-electron chi connectivity index (χ2n) is 6.84. The average molecular weight is 446 g/mol. The van der Waals surface area contributed by atoms with Gasteiger partial charge in [-0.05, 0) is 29.8 Å². The number of sulfone groups is 1. The molecule has 0 spiro atoms. The van der Waals surface area contributed by atoms with Crippen LogP contribution in [0.2, 0.25) is 0 Å². The summed E-state index contributed by atoms with van der Waals surface area (Å²) in [5.41, 5.74) is 1.04. The van der Waals surface area contributed by atoms with Gasteiger partial charge in [-0.3, -0.25) is 10.1 Å². The highest BCUT2D eigenvalue weighted by Crippen LogP contribution is 2.24. The number of benzene rings is 2. The number of hydrogen-bond acceptors (Lipinski definition) is 7. The molecule has 0 bridgehead atoms. The molecule has 158 valence electrons. The minimum Gasteiger partial charge on any atom is -0.407 e. The Kier molecular flexibility index (Phi) is 6.94. The highest BCUT2D eigenvalue weighted by atomic mass is 32.2. The molecule has 1 amide bonds. The molecule has 1 N–H and O–H groups in total. The monoisotopic (exact) mass is 445 g/mol. The molecule has 9 heteroatoms. The Morgan fingerprint density at radius 2 is 1.80 bits per heavy atom. The van der Waals surface area contributed by atoms with E-state index in [1.807, 2.05) is 24.3 Å². The van der Waals surface area contributed by atoms with Crippen molar-refractivity contribution in [1.29, 1.82) is 0 Å². The lowest BCUT2D eigenvalue weighted by Crippen LogP contribution is -2.17. The van der Waals surface area contributed by atoms with Crippen molar-refractivity contribution < 1.29 is 17.6 Å². The molecular formula is C21H23N3O4S2. The number of amides is 1. The third-order valence-corrected chi connectivity index (χ3v) is 6.99. The summed E-state index contributed by atoms with van der Waals surface area (Å²) < 4.78 is 30.0. The number of rotatable bonds is 8. The molecule has 0 saturated carbocycles. The number of carbonyl (C=O) groups excluding carboxylic acids is 1. The quantitative estimate of drug-likeness (QED) is 0.518. The van der Waals surface area contributed by atoms with Gasteiger partial charge in [-0.1, -0.05) is 50.1 Å². The first-order chi connectivity index (χ1) is 14.3. The van der Waals surface area contributed by atoms with Crippen LogP contribution in [0.5, 0.6) is 0 Å². The molecule has 0 aliphatic rings. The summed E-state index contributed by atoms with van der Waals surface area (Å²) in [7, 11) is -3.54. The van der Waals surface area contributed by atoms with Crippen LogP contribution in [0, 0.1) is 0 Å². The molecule has 0 aliphatic carbocycles. The van der Waals surface area contributed by atoms with Crippen LogP contribution >= 0.6 is 11.8 Å². The number of thioether (sulfide) groups is 1. The van der Waals surface area contributed by atoms with Crippen LogP contribution in [0.1, 0.15) is 42.6 Å². The molecule has 0 atom stereocenters. The minimum atomic E-state index is -3.54. The Bertz CT molecular complexity index is 1120. The maximum atomic E-state index is 12.6. The van der Waals surface area contributed by atoms with Crippen molar-refractivity contribution in [1.82, 2.24) is 10.2 Å². The fourth-order valence-corrected chi connectivity index (χ4v) is 4.68. The first-order valence-corrected chi connectivity index (χ1v) is 12.0. The van der Waals surface area contributed by atoms with Gasteiger partial charge in [-0.2, -0.15) is 0 Å². The summed E-state index contributed by atoms with van der Waals surface area (Å²) in [6.45, 7) is 5.81. The molecule has 2 aromatic carbocycles. The van der Waals surface area contributed by atoms with Crippen LogP contribution < -0.4 is 5.32 Å². The number of nitrogens with zero attached hydrogens (tertiary/aromatic N) is 2. The largest absolute Gasteiger partial charge is 0.407 e. The molecule has 0 unspecified atom stereocenters. The third kappa shape index (κ3) is 5.48. The summed E-state index contributed by atoms with van der Waals surface area (Å²) in [5, 5.41) is 10.8. The molecule has 1 heterocycles. The number of nitrogens with one attached hydrogen (secondary N) is 1. The van der Waals surface area contributed by atoms with Gasteiger partial charge in [-0.15, -0.1) is 16.9 Å². The van der Waals surface area contributed by atoms with Gasteiger partial charge in [-0.25, -0.2) is 8.42 Å². The van der Waals surface area contributed by atoms with Crippen molar-refractivity contribution >= 4 is 33.5 Å². The second kappa shape index (κ2) is 9.44. The molecule has 0 fully saturated rings. The van der Waals surface area contributed by atoms with E-state index in [-0.39, 0.29) is 22.2 Å². The zero-order chi connectivity index (χ0) is 21.7. The van der Waals surface area contributed by atoms with Crippen molar-refractivity contribution in [2.75, 3.05) is 11.1 Å². The molecule has 0 radical (unpaired) electrons. The van der Waals surface area contributed by atoms with E-state index in [0.717, 1.165) is 5.56 Å². The molecule has 3 aromatic rings. The van der Waals surface area contributed by atoms with Gasteiger partial charge in [0.1, 0.15) is 0 Å². The topological polar surface area (TPSA) is 102 Å². The lowest BCUT2D eigenvalue weighted by atomic mass is 10.1. The van der Waals surface area contributed by atoms with Crippen LogP contribution in [0.25, 0.3) is 0 Å². The lowest BCUT2D eigenvalue weighted by molar-refractivity contribution is 0.102. The summed E-state index contributed by atoms with van der Waals surface area (Å²) in [5.74, 6) is -0.367. The Morgan fingerprint density at radius 3 is 2.47 bits per heavy atom. The fraction of sp³-hybridized carbons (Fsp3) is 0.286. The van der Waals surface area contributed by atoms with Crippen LogP contribution in [0.3, 0.4) is 0 Å². The van der Waals surface area contributed by atoms with Gasteiger partial charge in [0.2, 0.25) is 5.89 Å². The normalized spacial score (nSPS) is 11.6. The predicted octanol–water partition coefficient (Wildman–Crippen LogP) is 4.21. The summed E-state index contributed by atoms with van der Waals surface area (Å²) in [6.07, 6.45) is 0.427. The zero-order valence-electron chi connectivity index (χ0n) is 17.0. The summed E-state index contributed by atoms with van der Waals surface area (Å²) in [6, 6.07) is 14.1. The average Bonchev–Trinajstić information content (AvgIpc) is 3.15. The first kappa shape index (κ1) is 22.0. The van der Waals surface area contributed by atoms with E-state index in [2.05, 4.69) is 29.4 Å². The van der Waals surface area contributed by atoms with E-state index in [1.54, 1.807) is 23.9 Å². The van der Waals surface area contributed by atoms with E-state index in [4.69, 9.17) is 4.42 Å². The molecule has 0 saturated heterocycles. The van der Waals surface area contributed by atoms with E-state index < -0.39 is 15.7 Å². The Balaban J connectivity index is 1.70. The van der Waals surface area contributed by atoms with Crippen LogP contribution in [0.4, 0.5) is 6.01 Å². The van der Waals surface area contributed by atoms with E-state index >= 15 is 0 Å². The first-order valence-electron chi connectivity index (χ1n) is 9.49. The van der Waals surface area contributed by atoms with Crippen LogP contribution in [-0.4, -0.2) is 35.5 Å². The zero-order valence-corrected chi connectivity index (χ0v) is 18.6. The number of hydrogen-bond donors (Lipinski definition) is 1. The van der Waals surface area contributed by atoms with Crippen molar-refractivity contribution in [3.8, 4) is 0 Å². The molecule has 1 aromatic heterocycles. The molecule has 30 heavy (non-hydrogen) atoms. The van der Waals surface area contributed by atoms with Gasteiger partial charge in [0, 0.05) is 10.1 Å². The Labute approximate surface area is 180 Å². The highest BCUT2D eigenvalue weighted by Gasteiger charge is 2.22. The highest BCUT2D eigenvalue weighted by molar-refractivity contribution is 7.99. The van der Waals surface area contributed by atoms with E-state index in [1.165, 1.54) is 24.0 Å². The molecular weight excluding hydrogens is 422 g/mol. The van der Waals surface area contributed by atoms with Gasteiger partial charge < -0.3 is 4.42 Å². The van der Waals surface area contributed by atoms with Gasteiger partial charge in [0.25, 0.3) is 5.91 Å². The maximum Gasteiger partial charge on any atom is 0.322 e. The van der Waals surface area contributed by atoms with E-state index in [9.17, 15) is 13.2 Å². The maximum absolute atomic E-state index is 12.6. The summed E-state index contributed by atoms with van der Waals surface area (Å²) in [4.78, 5) is 13.7. The molecule has 0 aliphatic heterocycles. The number of carbonyl (C=O) groups is 1. The Hall–Kier alpha value is -2.65. The van der Waals surface area contributed by atoms with Gasteiger partial charge in [0.05, 0.1) is 22.6 Å².